The van der Waals surface area contributed by atoms with Gasteiger partial charge < -0.3 is 10.0 Å². The first kappa shape index (κ1) is 12.4. The van der Waals surface area contributed by atoms with Crippen LogP contribution in [-0.4, -0.2) is 27.9 Å². The second-order valence-corrected chi connectivity index (χ2v) is 5.55. The molecule has 92 valence electrons. The van der Waals surface area contributed by atoms with Gasteiger partial charge in [-0.2, -0.15) is 0 Å². The van der Waals surface area contributed by atoms with Crippen LogP contribution in [0, 0.1) is 0 Å². The molecule has 0 bridgehead atoms. The standard InChI is InChI=1S/C11H12ClNO3S/c12-11-7(3-4-17-11)6-13-8(5-10(15)16)1-2-9(13)14/h3-4,8H,1-2,5-6H2,(H,15,16). The lowest BCUT2D eigenvalue weighted by Gasteiger charge is -2.23. The molecule has 6 heteroatoms. The van der Waals surface area contributed by atoms with Crippen molar-refractivity contribution in [3.8, 4) is 0 Å². The van der Waals surface area contributed by atoms with Crippen LogP contribution in [0.2, 0.25) is 4.34 Å². The fourth-order valence-corrected chi connectivity index (χ4v) is 2.95. The number of thiophene rings is 1. The summed E-state index contributed by atoms with van der Waals surface area (Å²) in [4.78, 5) is 24.0. The second kappa shape index (κ2) is 5.06. The molecular weight excluding hydrogens is 262 g/mol. The molecule has 1 aromatic rings. The van der Waals surface area contributed by atoms with Gasteiger partial charge in [0.2, 0.25) is 5.91 Å². The molecule has 0 spiro atoms. The summed E-state index contributed by atoms with van der Waals surface area (Å²) in [6, 6.07) is 1.67. The number of carbonyl (C=O) groups is 2. The average Bonchev–Trinajstić information content (AvgIpc) is 2.79. The van der Waals surface area contributed by atoms with Crippen molar-refractivity contribution in [1.29, 1.82) is 0 Å². The monoisotopic (exact) mass is 273 g/mol. The van der Waals surface area contributed by atoms with Crippen LogP contribution in [0.15, 0.2) is 11.4 Å². The third-order valence-corrected chi connectivity index (χ3v) is 4.15. The van der Waals surface area contributed by atoms with E-state index < -0.39 is 5.97 Å². The van der Waals surface area contributed by atoms with E-state index in [4.69, 9.17) is 16.7 Å². The minimum atomic E-state index is -0.869. The Hall–Kier alpha value is -1.07. The van der Waals surface area contributed by atoms with Gasteiger partial charge in [0.1, 0.15) is 0 Å². The maximum atomic E-state index is 11.7. The van der Waals surface area contributed by atoms with Crippen molar-refractivity contribution in [3.63, 3.8) is 0 Å². The summed E-state index contributed by atoms with van der Waals surface area (Å²) in [5, 5.41) is 10.7. The molecule has 0 radical (unpaired) electrons. The molecule has 1 saturated heterocycles. The number of hydrogen-bond donors (Lipinski definition) is 1. The Labute approximate surface area is 108 Å². The first-order valence-electron chi connectivity index (χ1n) is 5.31. The fourth-order valence-electron chi connectivity index (χ4n) is 2.04. The SMILES string of the molecule is O=C(O)CC1CCC(=O)N1Cc1ccsc1Cl. The Morgan fingerprint density at radius 2 is 2.41 bits per heavy atom. The molecule has 0 aromatic carbocycles. The highest BCUT2D eigenvalue weighted by Crippen LogP contribution is 2.29. The maximum absolute atomic E-state index is 11.7. The van der Waals surface area contributed by atoms with Crippen LogP contribution in [0.4, 0.5) is 0 Å². The number of aliphatic carboxylic acids is 1. The number of carboxylic acids is 1. The molecule has 1 fully saturated rings. The van der Waals surface area contributed by atoms with Crippen molar-refractivity contribution >= 4 is 34.8 Å². The highest BCUT2D eigenvalue weighted by Gasteiger charge is 2.32. The van der Waals surface area contributed by atoms with E-state index in [9.17, 15) is 9.59 Å². The van der Waals surface area contributed by atoms with Crippen LogP contribution in [0.5, 0.6) is 0 Å². The summed E-state index contributed by atoms with van der Waals surface area (Å²) >= 11 is 7.40. The van der Waals surface area contributed by atoms with Gasteiger partial charge in [-0.3, -0.25) is 9.59 Å². The van der Waals surface area contributed by atoms with E-state index in [1.165, 1.54) is 11.3 Å². The molecular formula is C11H12ClNO3S. The van der Waals surface area contributed by atoms with Gasteiger partial charge in [0.15, 0.2) is 0 Å². The third kappa shape index (κ3) is 2.79. The van der Waals surface area contributed by atoms with E-state index >= 15 is 0 Å². The van der Waals surface area contributed by atoms with Crippen LogP contribution in [0.3, 0.4) is 0 Å². The summed E-state index contributed by atoms with van der Waals surface area (Å²) in [6.45, 7) is 0.416. The van der Waals surface area contributed by atoms with Crippen molar-refractivity contribution in [2.24, 2.45) is 0 Å². The number of amides is 1. The predicted octanol–water partition coefficient (Wildman–Crippen LogP) is 2.37. The maximum Gasteiger partial charge on any atom is 0.305 e. The largest absolute Gasteiger partial charge is 0.481 e. The summed E-state index contributed by atoms with van der Waals surface area (Å²) in [6.07, 6.45) is 1.06. The number of halogens is 1. The average molecular weight is 274 g/mol. The number of carbonyl (C=O) groups excluding carboxylic acids is 1. The first-order valence-corrected chi connectivity index (χ1v) is 6.57. The number of nitrogens with zero attached hydrogens (tertiary/aromatic N) is 1. The van der Waals surface area contributed by atoms with Crippen LogP contribution in [-0.2, 0) is 16.1 Å². The summed E-state index contributed by atoms with van der Waals surface area (Å²) in [5.41, 5.74) is 0.891. The molecule has 0 saturated carbocycles. The quantitative estimate of drug-likeness (QED) is 0.916. The molecule has 4 nitrogen and oxygen atoms in total. The van der Waals surface area contributed by atoms with Gasteiger partial charge in [-0.1, -0.05) is 11.6 Å². The zero-order chi connectivity index (χ0) is 12.4. The fraction of sp³-hybridized carbons (Fsp3) is 0.455. The van der Waals surface area contributed by atoms with Crippen LogP contribution in [0.1, 0.15) is 24.8 Å². The molecule has 0 aliphatic carbocycles. The Kier molecular flexibility index (Phi) is 3.69. The Bertz CT molecular complexity index is 446. The lowest BCUT2D eigenvalue weighted by atomic mass is 10.1. The molecule has 1 aliphatic heterocycles. The Morgan fingerprint density at radius 1 is 1.65 bits per heavy atom. The molecule has 1 N–H and O–H groups in total. The van der Waals surface area contributed by atoms with Crippen molar-refractivity contribution in [1.82, 2.24) is 4.90 Å². The van der Waals surface area contributed by atoms with Crippen LogP contribution in [0.25, 0.3) is 0 Å². The second-order valence-electron chi connectivity index (χ2n) is 4.03. The van der Waals surface area contributed by atoms with E-state index in [0.29, 0.717) is 23.7 Å². The van der Waals surface area contributed by atoms with Gasteiger partial charge >= 0.3 is 5.97 Å². The Balaban J connectivity index is 2.09. The number of hydrogen-bond acceptors (Lipinski definition) is 3. The molecule has 1 unspecified atom stereocenters. The first-order chi connectivity index (χ1) is 8.08. The smallest absolute Gasteiger partial charge is 0.305 e. The predicted molar refractivity (Wildman–Crippen MR) is 65.2 cm³/mol. The van der Waals surface area contributed by atoms with E-state index in [0.717, 1.165) is 5.56 Å². The summed E-state index contributed by atoms with van der Waals surface area (Å²) < 4.78 is 0.666. The molecule has 1 aromatic heterocycles. The minimum Gasteiger partial charge on any atom is -0.481 e. The van der Waals surface area contributed by atoms with Gasteiger partial charge in [0.25, 0.3) is 0 Å². The van der Waals surface area contributed by atoms with Gasteiger partial charge in [-0.15, -0.1) is 11.3 Å². The van der Waals surface area contributed by atoms with Crippen molar-refractivity contribution < 1.29 is 14.7 Å². The lowest BCUT2D eigenvalue weighted by molar-refractivity contribution is -0.139. The number of rotatable bonds is 4. The van der Waals surface area contributed by atoms with Gasteiger partial charge in [-0.25, -0.2) is 0 Å². The molecule has 2 heterocycles. The van der Waals surface area contributed by atoms with E-state index in [1.54, 1.807) is 4.90 Å². The normalized spacial score (nSPS) is 19.9. The Morgan fingerprint density at radius 3 is 3.00 bits per heavy atom. The number of likely N-dealkylation sites (tertiary alicyclic amines) is 1. The van der Waals surface area contributed by atoms with Crippen LogP contribution >= 0.6 is 22.9 Å². The van der Waals surface area contributed by atoms with Crippen molar-refractivity contribution in [2.45, 2.75) is 31.8 Å². The van der Waals surface area contributed by atoms with Gasteiger partial charge in [0, 0.05) is 24.6 Å². The van der Waals surface area contributed by atoms with E-state index in [1.807, 2.05) is 11.4 Å². The zero-order valence-corrected chi connectivity index (χ0v) is 10.6. The van der Waals surface area contributed by atoms with E-state index in [2.05, 4.69) is 0 Å². The number of carboxylic acid groups (broad SMARTS) is 1. The highest BCUT2D eigenvalue weighted by molar-refractivity contribution is 7.14. The third-order valence-electron chi connectivity index (χ3n) is 2.90. The van der Waals surface area contributed by atoms with E-state index in [-0.39, 0.29) is 18.4 Å². The lowest BCUT2D eigenvalue weighted by Crippen LogP contribution is -2.33. The summed E-state index contributed by atoms with van der Waals surface area (Å²) in [7, 11) is 0. The van der Waals surface area contributed by atoms with Crippen molar-refractivity contribution in [2.75, 3.05) is 0 Å². The van der Waals surface area contributed by atoms with Gasteiger partial charge in [0.05, 0.1) is 10.8 Å². The summed E-state index contributed by atoms with van der Waals surface area (Å²) in [5.74, 6) is -0.857. The zero-order valence-electron chi connectivity index (χ0n) is 9.06. The molecule has 2 rings (SSSR count). The molecule has 1 amide bonds. The van der Waals surface area contributed by atoms with Crippen molar-refractivity contribution in [3.05, 3.63) is 21.3 Å². The van der Waals surface area contributed by atoms with Crippen LogP contribution < -0.4 is 0 Å². The topological polar surface area (TPSA) is 57.6 Å². The molecule has 17 heavy (non-hydrogen) atoms. The molecule has 1 atom stereocenters. The molecule has 1 aliphatic rings. The minimum absolute atomic E-state index is 0.00744. The van der Waals surface area contributed by atoms with Gasteiger partial charge in [-0.05, 0) is 17.9 Å². The highest BCUT2D eigenvalue weighted by atomic mass is 35.5.